The maximum atomic E-state index is 12.9. The molecule has 4 aromatic rings. The topological polar surface area (TPSA) is 57.5 Å². The number of carbonyl (C=O) groups excluding carboxylic acids is 1. The third kappa shape index (κ3) is 2.91. The van der Waals surface area contributed by atoms with Gasteiger partial charge in [0.15, 0.2) is 5.78 Å². The second kappa shape index (κ2) is 6.37. The number of ketones is 1. The number of phenols is 2. The third-order valence-electron chi connectivity index (χ3n) is 4.44. The summed E-state index contributed by atoms with van der Waals surface area (Å²) in [6.45, 7) is 0. The van der Waals surface area contributed by atoms with Gasteiger partial charge in [0.25, 0.3) is 0 Å². The summed E-state index contributed by atoms with van der Waals surface area (Å²) in [6, 6.07) is 24.9. The molecule has 3 nitrogen and oxygen atoms in total. The van der Waals surface area contributed by atoms with Crippen LogP contribution in [0.25, 0.3) is 21.9 Å². The largest absolute Gasteiger partial charge is 0.508 e. The van der Waals surface area contributed by atoms with Crippen LogP contribution in [0.1, 0.15) is 15.9 Å². The summed E-state index contributed by atoms with van der Waals surface area (Å²) in [5, 5.41) is 21.0. The standard InChI is InChI=1S/C23H16O3/c24-19-10-7-15(8-11-19)23(26)22-4-2-1-3-21(22)18-6-5-17-14-20(25)12-9-16(17)13-18/h1-14,24-25H. The SMILES string of the molecule is O=C(c1ccc(O)cc1)c1ccccc1-c1ccc2cc(O)ccc2c1. The number of fused-ring (bicyclic) bond motifs is 1. The summed E-state index contributed by atoms with van der Waals surface area (Å²) in [4.78, 5) is 12.9. The van der Waals surface area contributed by atoms with Crippen LogP contribution in [0.4, 0.5) is 0 Å². The molecule has 0 aliphatic rings. The average molecular weight is 340 g/mol. The fourth-order valence-corrected chi connectivity index (χ4v) is 3.10. The molecular weight excluding hydrogens is 324 g/mol. The van der Waals surface area contributed by atoms with Gasteiger partial charge >= 0.3 is 0 Å². The minimum atomic E-state index is -0.0913. The molecule has 0 bridgehead atoms. The maximum Gasteiger partial charge on any atom is 0.193 e. The fraction of sp³-hybridized carbons (Fsp3) is 0. The molecular formula is C23H16O3. The van der Waals surface area contributed by atoms with Crippen molar-refractivity contribution in [3.05, 3.63) is 96.1 Å². The first-order chi connectivity index (χ1) is 12.6. The summed E-state index contributed by atoms with van der Waals surface area (Å²) in [7, 11) is 0. The van der Waals surface area contributed by atoms with E-state index >= 15 is 0 Å². The molecule has 0 radical (unpaired) electrons. The lowest BCUT2D eigenvalue weighted by molar-refractivity contribution is 0.103. The Morgan fingerprint density at radius 2 is 1.31 bits per heavy atom. The highest BCUT2D eigenvalue weighted by Gasteiger charge is 2.14. The van der Waals surface area contributed by atoms with Gasteiger partial charge in [-0.15, -0.1) is 0 Å². The molecule has 4 aromatic carbocycles. The Labute approximate surface area is 150 Å². The Balaban J connectivity index is 1.82. The third-order valence-corrected chi connectivity index (χ3v) is 4.44. The number of rotatable bonds is 3. The van der Waals surface area contributed by atoms with Crippen molar-refractivity contribution in [2.24, 2.45) is 0 Å². The first-order valence-electron chi connectivity index (χ1n) is 8.28. The highest BCUT2D eigenvalue weighted by atomic mass is 16.3. The molecule has 0 saturated carbocycles. The van der Waals surface area contributed by atoms with Crippen LogP contribution in [0.15, 0.2) is 84.9 Å². The van der Waals surface area contributed by atoms with Gasteiger partial charge in [-0.3, -0.25) is 4.79 Å². The predicted molar refractivity (Wildman–Crippen MR) is 103 cm³/mol. The van der Waals surface area contributed by atoms with Crippen molar-refractivity contribution in [1.82, 2.24) is 0 Å². The van der Waals surface area contributed by atoms with Crippen molar-refractivity contribution in [3.8, 4) is 22.6 Å². The van der Waals surface area contributed by atoms with Gasteiger partial charge in [-0.05, 0) is 64.4 Å². The van der Waals surface area contributed by atoms with Crippen LogP contribution in [0.3, 0.4) is 0 Å². The van der Waals surface area contributed by atoms with E-state index in [1.54, 1.807) is 24.3 Å². The molecule has 0 aromatic heterocycles. The Morgan fingerprint density at radius 3 is 2.12 bits per heavy atom. The molecule has 126 valence electrons. The molecule has 0 spiro atoms. The van der Waals surface area contributed by atoms with Gasteiger partial charge < -0.3 is 10.2 Å². The number of hydrogen-bond donors (Lipinski definition) is 2. The summed E-state index contributed by atoms with van der Waals surface area (Å²) in [5.74, 6) is 0.271. The minimum absolute atomic E-state index is 0.0913. The maximum absolute atomic E-state index is 12.9. The first-order valence-corrected chi connectivity index (χ1v) is 8.28. The van der Waals surface area contributed by atoms with Gasteiger partial charge in [-0.25, -0.2) is 0 Å². The van der Waals surface area contributed by atoms with Crippen LogP contribution in [0.5, 0.6) is 11.5 Å². The van der Waals surface area contributed by atoms with Gasteiger partial charge in [0.05, 0.1) is 0 Å². The van der Waals surface area contributed by atoms with Crippen LogP contribution in [-0.4, -0.2) is 16.0 Å². The van der Waals surface area contributed by atoms with Gasteiger partial charge in [-0.1, -0.05) is 42.5 Å². The summed E-state index contributed by atoms with van der Waals surface area (Å²) >= 11 is 0. The quantitative estimate of drug-likeness (QED) is 0.507. The van der Waals surface area contributed by atoms with Gasteiger partial charge in [-0.2, -0.15) is 0 Å². The van der Waals surface area contributed by atoms with Crippen molar-refractivity contribution in [3.63, 3.8) is 0 Å². The van der Waals surface area contributed by atoms with Crippen molar-refractivity contribution in [2.45, 2.75) is 0 Å². The first kappa shape index (κ1) is 15.9. The number of benzene rings is 4. The normalized spacial score (nSPS) is 10.8. The molecule has 0 unspecified atom stereocenters. The molecule has 2 N–H and O–H groups in total. The van der Waals surface area contributed by atoms with Crippen LogP contribution >= 0.6 is 0 Å². The fourth-order valence-electron chi connectivity index (χ4n) is 3.10. The minimum Gasteiger partial charge on any atom is -0.508 e. The molecule has 0 atom stereocenters. The number of aromatic hydroxyl groups is 2. The average Bonchev–Trinajstić information content (AvgIpc) is 2.67. The van der Waals surface area contributed by atoms with Gasteiger partial charge in [0, 0.05) is 11.1 Å². The van der Waals surface area contributed by atoms with E-state index in [0.29, 0.717) is 11.1 Å². The van der Waals surface area contributed by atoms with E-state index in [0.717, 1.165) is 21.9 Å². The summed E-state index contributed by atoms with van der Waals surface area (Å²) in [6.07, 6.45) is 0. The van der Waals surface area contributed by atoms with E-state index in [-0.39, 0.29) is 17.3 Å². The smallest absolute Gasteiger partial charge is 0.193 e. The zero-order chi connectivity index (χ0) is 18.1. The van der Waals surface area contributed by atoms with Crippen molar-refractivity contribution in [2.75, 3.05) is 0 Å². The summed E-state index contributed by atoms with van der Waals surface area (Å²) < 4.78 is 0. The van der Waals surface area contributed by atoms with Crippen LogP contribution < -0.4 is 0 Å². The van der Waals surface area contributed by atoms with Crippen molar-refractivity contribution < 1.29 is 15.0 Å². The van der Waals surface area contributed by atoms with Crippen LogP contribution in [-0.2, 0) is 0 Å². The monoisotopic (exact) mass is 340 g/mol. The lowest BCUT2D eigenvalue weighted by atomic mass is 9.93. The van der Waals surface area contributed by atoms with Gasteiger partial charge in [0.2, 0.25) is 0 Å². The summed E-state index contributed by atoms with van der Waals surface area (Å²) in [5.41, 5.74) is 2.92. The number of phenolic OH excluding ortho intramolecular Hbond substituents is 2. The highest BCUT2D eigenvalue weighted by Crippen LogP contribution is 2.30. The van der Waals surface area contributed by atoms with E-state index in [1.165, 1.54) is 12.1 Å². The Bertz CT molecular complexity index is 1110. The zero-order valence-corrected chi connectivity index (χ0v) is 13.9. The molecule has 3 heteroatoms. The van der Waals surface area contributed by atoms with Crippen molar-refractivity contribution in [1.29, 1.82) is 0 Å². The second-order valence-electron chi connectivity index (χ2n) is 6.17. The molecule has 0 aliphatic carbocycles. The Kier molecular flexibility index (Phi) is 3.90. The number of hydrogen-bond acceptors (Lipinski definition) is 3. The lowest BCUT2D eigenvalue weighted by Crippen LogP contribution is -2.03. The van der Waals surface area contributed by atoms with E-state index in [4.69, 9.17) is 0 Å². The number of carbonyl (C=O) groups is 1. The Morgan fingerprint density at radius 1 is 0.654 bits per heavy atom. The highest BCUT2D eigenvalue weighted by molar-refractivity contribution is 6.13. The second-order valence-corrected chi connectivity index (χ2v) is 6.17. The molecule has 0 amide bonds. The molecule has 0 aliphatic heterocycles. The zero-order valence-electron chi connectivity index (χ0n) is 13.9. The van der Waals surface area contributed by atoms with Crippen LogP contribution in [0, 0.1) is 0 Å². The van der Waals surface area contributed by atoms with Crippen LogP contribution in [0.2, 0.25) is 0 Å². The van der Waals surface area contributed by atoms with E-state index < -0.39 is 0 Å². The van der Waals surface area contributed by atoms with Gasteiger partial charge in [0.1, 0.15) is 11.5 Å². The molecule has 0 fully saturated rings. The van der Waals surface area contributed by atoms with E-state index in [9.17, 15) is 15.0 Å². The molecule has 0 heterocycles. The lowest BCUT2D eigenvalue weighted by Gasteiger charge is -2.10. The van der Waals surface area contributed by atoms with E-state index in [1.807, 2.05) is 48.5 Å². The predicted octanol–water partition coefficient (Wildman–Crippen LogP) is 5.15. The molecule has 4 rings (SSSR count). The Hall–Kier alpha value is -3.59. The molecule has 0 saturated heterocycles. The van der Waals surface area contributed by atoms with Crippen molar-refractivity contribution >= 4 is 16.6 Å². The van der Waals surface area contributed by atoms with E-state index in [2.05, 4.69) is 0 Å². The molecule has 26 heavy (non-hydrogen) atoms.